The van der Waals surface area contributed by atoms with Crippen LogP contribution < -0.4 is 5.32 Å². The first-order chi connectivity index (χ1) is 8.04. The highest BCUT2D eigenvalue weighted by Gasteiger charge is 2.14. The number of carboxylic acid groups (broad SMARTS) is 1. The highest BCUT2D eigenvalue weighted by molar-refractivity contribution is 7.11. The summed E-state index contributed by atoms with van der Waals surface area (Å²) >= 11 is 1.03. The molecule has 6 nitrogen and oxygen atoms in total. The van der Waals surface area contributed by atoms with Crippen LogP contribution >= 0.6 is 11.3 Å². The normalized spacial score (nSPS) is 10.5. The lowest BCUT2D eigenvalue weighted by atomic mass is 10.5. The van der Waals surface area contributed by atoms with Crippen LogP contribution in [0.25, 0.3) is 0 Å². The summed E-state index contributed by atoms with van der Waals surface area (Å²) in [5, 5.41) is 12.9. The lowest BCUT2D eigenvalue weighted by molar-refractivity contribution is 0.0691. The first-order valence-corrected chi connectivity index (χ1v) is 6.08. The fourth-order valence-corrected chi connectivity index (χ4v) is 1.78. The first-order valence-electron chi connectivity index (χ1n) is 5.20. The molecule has 0 radical (unpaired) electrons. The standard InChI is InChI=1S/C10H15N3O3S/c1-3-13(2)5-4-11-8(14)9-12-7(6-17-9)10(15)16/h6H,3-5H2,1-2H3,(H,11,14)(H,15,16). The summed E-state index contributed by atoms with van der Waals surface area (Å²) in [6.45, 7) is 4.21. The monoisotopic (exact) mass is 257 g/mol. The molecule has 94 valence electrons. The fraction of sp³-hybridized carbons (Fsp3) is 0.500. The molecule has 17 heavy (non-hydrogen) atoms. The van der Waals surface area contributed by atoms with Crippen molar-refractivity contribution in [3.63, 3.8) is 0 Å². The zero-order valence-corrected chi connectivity index (χ0v) is 10.6. The number of aromatic nitrogens is 1. The minimum absolute atomic E-state index is 0.0918. The molecule has 7 heteroatoms. The molecule has 0 fully saturated rings. The minimum Gasteiger partial charge on any atom is -0.476 e. The van der Waals surface area contributed by atoms with Crippen molar-refractivity contribution in [2.45, 2.75) is 6.92 Å². The third kappa shape index (κ3) is 4.12. The average molecular weight is 257 g/mol. The summed E-state index contributed by atoms with van der Waals surface area (Å²) in [4.78, 5) is 27.9. The second kappa shape index (κ2) is 6.31. The van der Waals surface area contributed by atoms with Gasteiger partial charge in [-0.2, -0.15) is 0 Å². The predicted octanol–water partition coefficient (Wildman–Crippen LogP) is 0.523. The zero-order chi connectivity index (χ0) is 12.8. The van der Waals surface area contributed by atoms with Gasteiger partial charge < -0.3 is 15.3 Å². The average Bonchev–Trinajstić information content (AvgIpc) is 2.78. The number of carbonyl (C=O) groups excluding carboxylic acids is 1. The van der Waals surface area contributed by atoms with Gasteiger partial charge in [0.15, 0.2) is 10.7 Å². The number of rotatable bonds is 6. The highest BCUT2D eigenvalue weighted by atomic mass is 32.1. The number of aromatic carboxylic acids is 1. The maximum absolute atomic E-state index is 11.6. The molecule has 1 aromatic heterocycles. The van der Waals surface area contributed by atoms with E-state index in [9.17, 15) is 9.59 Å². The van der Waals surface area contributed by atoms with Crippen LogP contribution in [0.2, 0.25) is 0 Å². The van der Waals surface area contributed by atoms with Crippen LogP contribution in [-0.4, -0.2) is 53.5 Å². The van der Waals surface area contributed by atoms with Gasteiger partial charge in [-0.3, -0.25) is 4.79 Å². The van der Waals surface area contributed by atoms with Crippen LogP contribution in [0.15, 0.2) is 5.38 Å². The van der Waals surface area contributed by atoms with Gasteiger partial charge in [0, 0.05) is 18.5 Å². The van der Waals surface area contributed by atoms with Gasteiger partial charge in [-0.25, -0.2) is 9.78 Å². The van der Waals surface area contributed by atoms with Crippen molar-refractivity contribution in [1.82, 2.24) is 15.2 Å². The van der Waals surface area contributed by atoms with Gasteiger partial charge >= 0.3 is 5.97 Å². The third-order valence-electron chi connectivity index (χ3n) is 2.24. The minimum atomic E-state index is -1.12. The Hall–Kier alpha value is -1.47. The molecule has 1 heterocycles. The molecule has 0 saturated carbocycles. The van der Waals surface area contributed by atoms with Crippen molar-refractivity contribution in [2.75, 3.05) is 26.7 Å². The highest BCUT2D eigenvalue weighted by Crippen LogP contribution is 2.09. The second-order valence-corrected chi connectivity index (χ2v) is 4.35. The van der Waals surface area contributed by atoms with Crippen molar-refractivity contribution in [3.8, 4) is 0 Å². The summed E-state index contributed by atoms with van der Waals surface area (Å²) < 4.78 is 0. The van der Waals surface area contributed by atoms with E-state index in [-0.39, 0.29) is 16.6 Å². The quantitative estimate of drug-likeness (QED) is 0.776. The van der Waals surface area contributed by atoms with Crippen LogP contribution in [0.4, 0.5) is 0 Å². The van der Waals surface area contributed by atoms with E-state index in [1.54, 1.807) is 0 Å². The molecular formula is C10H15N3O3S. The van der Waals surface area contributed by atoms with Crippen molar-refractivity contribution in [3.05, 3.63) is 16.1 Å². The molecule has 0 unspecified atom stereocenters. The molecule has 0 aliphatic carbocycles. The molecule has 1 rings (SSSR count). The van der Waals surface area contributed by atoms with Crippen LogP contribution in [0.3, 0.4) is 0 Å². The lowest BCUT2D eigenvalue weighted by Crippen LogP contribution is -2.32. The topological polar surface area (TPSA) is 82.5 Å². The van der Waals surface area contributed by atoms with Crippen LogP contribution in [0, 0.1) is 0 Å². The Morgan fingerprint density at radius 3 is 2.82 bits per heavy atom. The van der Waals surface area contributed by atoms with Gasteiger partial charge in [0.05, 0.1) is 0 Å². The maximum Gasteiger partial charge on any atom is 0.355 e. The number of amides is 1. The van der Waals surface area contributed by atoms with Crippen molar-refractivity contribution < 1.29 is 14.7 Å². The molecule has 0 aliphatic rings. The third-order valence-corrected chi connectivity index (χ3v) is 3.08. The predicted molar refractivity (Wildman–Crippen MR) is 64.6 cm³/mol. The molecule has 1 aromatic rings. The van der Waals surface area contributed by atoms with E-state index in [4.69, 9.17) is 5.11 Å². The van der Waals surface area contributed by atoms with Crippen molar-refractivity contribution in [2.24, 2.45) is 0 Å². The van der Waals surface area contributed by atoms with Crippen LogP contribution in [0.5, 0.6) is 0 Å². The van der Waals surface area contributed by atoms with E-state index < -0.39 is 5.97 Å². The summed E-state index contributed by atoms with van der Waals surface area (Å²) in [5.41, 5.74) is -0.0918. The van der Waals surface area contributed by atoms with Gasteiger partial charge in [0.25, 0.3) is 5.91 Å². The molecule has 2 N–H and O–H groups in total. The van der Waals surface area contributed by atoms with Gasteiger partial charge in [0.2, 0.25) is 0 Å². The van der Waals surface area contributed by atoms with Gasteiger partial charge in [-0.15, -0.1) is 11.3 Å². The fourth-order valence-electron chi connectivity index (χ4n) is 1.07. The smallest absolute Gasteiger partial charge is 0.355 e. The summed E-state index contributed by atoms with van der Waals surface area (Å²) in [5.74, 6) is -1.45. The Bertz CT molecular complexity index is 405. The molecule has 0 aliphatic heterocycles. The largest absolute Gasteiger partial charge is 0.476 e. The number of thiazole rings is 1. The Morgan fingerprint density at radius 2 is 2.29 bits per heavy atom. The lowest BCUT2D eigenvalue weighted by Gasteiger charge is -2.13. The molecule has 0 saturated heterocycles. The number of likely N-dealkylation sites (N-methyl/N-ethyl adjacent to an activating group) is 1. The zero-order valence-electron chi connectivity index (χ0n) is 9.77. The van der Waals surface area contributed by atoms with Crippen molar-refractivity contribution >= 4 is 23.2 Å². The van der Waals surface area contributed by atoms with E-state index in [0.717, 1.165) is 24.4 Å². The Morgan fingerprint density at radius 1 is 1.59 bits per heavy atom. The SMILES string of the molecule is CCN(C)CCNC(=O)c1nc(C(=O)O)cs1. The van der Waals surface area contributed by atoms with E-state index >= 15 is 0 Å². The summed E-state index contributed by atoms with van der Waals surface area (Å²) in [6.07, 6.45) is 0. The van der Waals surface area contributed by atoms with E-state index in [1.165, 1.54) is 5.38 Å². The first kappa shape index (κ1) is 13.6. The maximum atomic E-state index is 11.6. The van der Waals surface area contributed by atoms with E-state index in [2.05, 4.69) is 15.2 Å². The Labute approximate surface area is 103 Å². The number of nitrogens with zero attached hydrogens (tertiary/aromatic N) is 2. The van der Waals surface area contributed by atoms with Crippen LogP contribution in [0.1, 0.15) is 27.2 Å². The number of hydrogen-bond donors (Lipinski definition) is 2. The van der Waals surface area contributed by atoms with Gasteiger partial charge in [-0.05, 0) is 13.6 Å². The number of carbonyl (C=O) groups is 2. The number of nitrogens with one attached hydrogen (secondary N) is 1. The van der Waals surface area contributed by atoms with Gasteiger partial charge in [0.1, 0.15) is 0 Å². The summed E-state index contributed by atoms with van der Waals surface area (Å²) in [6, 6.07) is 0. The van der Waals surface area contributed by atoms with E-state index in [0.29, 0.717) is 6.54 Å². The second-order valence-electron chi connectivity index (χ2n) is 3.49. The molecule has 0 aromatic carbocycles. The molecule has 0 spiro atoms. The van der Waals surface area contributed by atoms with Gasteiger partial charge in [-0.1, -0.05) is 6.92 Å². The molecule has 1 amide bonds. The molecule has 0 atom stereocenters. The van der Waals surface area contributed by atoms with Crippen molar-refractivity contribution in [1.29, 1.82) is 0 Å². The van der Waals surface area contributed by atoms with E-state index in [1.807, 2.05) is 14.0 Å². The number of carboxylic acids is 1. The Kier molecular flexibility index (Phi) is 5.05. The summed E-state index contributed by atoms with van der Waals surface area (Å²) in [7, 11) is 1.96. The van der Waals surface area contributed by atoms with Crippen LogP contribution in [-0.2, 0) is 0 Å². The molecule has 0 bridgehead atoms. The molecular weight excluding hydrogens is 242 g/mol. The number of hydrogen-bond acceptors (Lipinski definition) is 5. The Balaban J connectivity index is 2.44.